The molecule has 0 saturated carbocycles. The third kappa shape index (κ3) is 2.56. The Hall–Kier alpha value is -1.62. The fourth-order valence-corrected chi connectivity index (χ4v) is 3.06. The highest BCUT2D eigenvalue weighted by Crippen LogP contribution is 2.27. The van der Waals surface area contributed by atoms with Crippen LogP contribution in [-0.4, -0.2) is 48.5 Å². The molecular formula is C14H20N4O. The van der Waals surface area contributed by atoms with Gasteiger partial charge in [-0.05, 0) is 44.0 Å². The lowest BCUT2D eigenvalue weighted by atomic mass is 9.84. The van der Waals surface area contributed by atoms with Gasteiger partial charge in [-0.25, -0.2) is 4.98 Å². The Kier molecular flexibility index (Phi) is 3.38. The molecule has 3 saturated heterocycles. The second kappa shape index (κ2) is 5.17. The lowest BCUT2D eigenvalue weighted by Crippen LogP contribution is -2.57. The molecule has 1 aromatic rings. The fourth-order valence-electron chi connectivity index (χ4n) is 3.06. The van der Waals surface area contributed by atoms with Gasteiger partial charge in [-0.1, -0.05) is 0 Å². The minimum absolute atomic E-state index is 0.00565. The molecular weight excluding hydrogens is 240 g/mol. The van der Waals surface area contributed by atoms with Crippen LogP contribution in [0.2, 0.25) is 0 Å². The first-order valence-electron chi connectivity index (χ1n) is 6.93. The molecule has 4 heterocycles. The first-order valence-corrected chi connectivity index (χ1v) is 6.93. The zero-order chi connectivity index (χ0) is 13.2. The number of nitrogens with one attached hydrogen (secondary N) is 2. The van der Waals surface area contributed by atoms with Gasteiger partial charge in [-0.15, -0.1) is 0 Å². The zero-order valence-electron chi connectivity index (χ0n) is 11.2. The number of hydrogen-bond acceptors (Lipinski definition) is 4. The molecule has 3 aliphatic heterocycles. The second-order valence-electron chi connectivity index (χ2n) is 5.40. The number of aromatic nitrogens is 1. The number of piperidine rings is 3. The van der Waals surface area contributed by atoms with E-state index in [1.165, 1.54) is 25.9 Å². The van der Waals surface area contributed by atoms with Crippen LogP contribution in [-0.2, 0) is 0 Å². The molecule has 1 aromatic heterocycles. The van der Waals surface area contributed by atoms with Crippen molar-refractivity contribution < 1.29 is 4.79 Å². The summed E-state index contributed by atoms with van der Waals surface area (Å²) in [4.78, 5) is 18.8. The molecule has 3 fully saturated rings. The molecule has 4 rings (SSSR count). The van der Waals surface area contributed by atoms with Crippen molar-refractivity contribution >= 4 is 11.7 Å². The summed E-state index contributed by atoms with van der Waals surface area (Å²) in [5, 5.41) is 6.11. The molecule has 3 aliphatic rings. The van der Waals surface area contributed by atoms with Crippen molar-refractivity contribution in [3.63, 3.8) is 0 Å². The van der Waals surface area contributed by atoms with Gasteiger partial charge in [0.2, 0.25) is 0 Å². The van der Waals surface area contributed by atoms with Crippen molar-refractivity contribution in [2.45, 2.75) is 18.9 Å². The summed E-state index contributed by atoms with van der Waals surface area (Å²) in [5.74, 6) is 1.42. The van der Waals surface area contributed by atoms with E-state index < -0.39 is 0 Å². The van der Waals surface area contributed by atoms with Crippen LogP contribution >= 0.6 is 0 Å². The third-order valence-electron chi connectivity index (χ3n) is 4.25. The predicted molar refractivity (Wildman–Crippen MR) is 74.2 cm³/mol. The maximum Gasteiger partial charge on any atom is 0.253 e. The molecule has 2 bridgehead atoms. The minimum atomic E-state index is -0.00565. The molecule has 102 valence electrons. The Morgan fingerprint density at radius 2 is 2.16 bits per heavy atom. The van der Waals surface area contributed by atoms with E-state index in [0.29, 0.717) is 17.5 Å². The summed E-state index contributed by atoms with van der Waals surface area (Å²) in [6.45, 7) is 3.38. The topological polar surface area (TPSA) is 57.3 Å². The lowest BCUT2D eigenvalue weighted by molar-refractivity contribution is 0.0620. The molecule has 1 unspecified atom stereocenters. The molecule has 0 spiro atoms. The van der Waals surface area contributed by atoms with Gasteiger partial charge in [-0.3, -0.25) is 4.79 Å². The van der Waals surface area contributed by atoms with Crippen molar-refractivity contribution in [3.8, 4) is 0 Å². The van der Waals surface area contributed by atoms with Crippen molar-refractivity contribution in [1.82, 2.24) is 15.2 Å². The lowest BCUT2D eigenvalue weighted by Gasteiger charge is -2.44. The number of carbonyl (C=O) groups is 1. The van der Waals surface area contributed by atoms with Gasteiger partial charge in [0.05, 0.1) is 5.56 Å². The van der Waals surface area contributed by atoms with E-state index >= 15 is 0 Å². The molecule has 1 amide bonds. The highest BCUT2D eigenvalue weighted by atomic mass is 16.1. The standard InChI is InChI=1S/C14H20N4O/c1-15-13-3-2-11(8-16-13)14(19)17-12-9-18-6-4-10(12)5-7-18/h2-3,8,10,12H,4-7,9H2,1H3,(H,15,16)(H,17,19). The molecule has 19 heavy (non-hydrogen) atoms. The van der Waals surface area contributed by atoms with Crippen LogP contribution in [0.15, 0.2) is 18.3 Å². The van der Waals surface area contributed by atoms with Crippen LogP contribution in [0, 0.1) is 5.92 Å². The van der Waals surface area contributed by atoms with E-state index in [1.54, 1.807) is 6.20 Å². The monoisotopic (exact) mass is 260 g/mol. The summed E-state index contributed by atoms with van der Waals surface area (Å²) in [7, 11) is 1.81. The quantitative estimate of drug-likeness (QED) is 0.849. The van der Waals surface area contributed by atoms with E-state index in [0.717, 1.165) is 12.4 Å². The Morgan fingerprint density at radius 3 is 2.68 bits per heavy atom. The van der Waals surface area contributed by atoms with Gasteiger partial charge in [0.15, 0.2) is 0 Å². The predicted octanol–water partition coefficient (Wildman–Crippen LogP) is 0.947. The van der Waals surface area contributed by atoms with E-state index in [1.807, 2.05) is 19.2 Å². The smallest absolute Gasteiger partial charge is 0.253 e. The zero-order valence-corrected chi connectivity index (χ0v) is 11.2. The number of pyridine rings is 1. The number of fused-ring (bicyclic) bond motifs is 3. The molecule has 5 heteroatoms. The number of carbonyl (C=O) groups excluding carboxylic acids is 1. The normalized spacial score (nSPS) is 29.0. The molecule has 5 nitrogen and oxygen atoms in total. The van der Waals surface area contributed by atoms with Gasteiger partial charge in [0.1, 0.15) is 5.82 Å². The van der Waals surface area contributed by atoms with E-state index in [9.17, 15) is 4.79 Å². The van der Waals surface area contributed by atoms with Gasteiger partial charge < -0.3 is 15.5 Å². The van der Waals surface area contributed by atoms with E-state index in [-0.39, 0.29) is 5.91 Å². The van der Waals surface area contributed by atoms with Gasteiger partial charge in [0, 0.05) is 25.8 Å². The third-order valence-corrected chi connectivity index (χ3v) is 4.25. The van der Waals surface area contributed by atoms with Gasteiger partial charge in [0.25, 0.3) is 5.91 Å². The van der Waals surface area contributed by atoms with E-state index in [4.69, 9.17) is 0 Å². The highest BCUT2D eigenvalue weighted by Gasteiger charge is 2.34. The molecule has 0 aromatic carbocycles. The maximum absolute atomic E-state index is 12.2. The molecule has 0 aliphatic carbocycles. The summed E-state index contributed by atoms with van der Waals surface area (Å²) in [6, 6.07) is 3.94. The van der Waals surface area contributed by atoms with Crippen molar-refractivity contribution in [3.05, 3.63) is 23.9 Å². The van der Waals surface area contributed by atoms with Crippen molar-refractivity contribution in [1.29, 1.82) is 0 Å². The van der Waals surface area contributed by atoms with Crippen molar-refractivity contribution in [2.24, 2.45) is 5.92 Å². The summed E-state index contributed by atoms with van der Waals surface area (Å²) in [5.41, 5.74) is 0.635. The molecule has 0 radical (unpaired) electrons. The number of hydrogen-bond donors (Lipinski definition) is 2. The average molecular weight is 260 g/mol. The van der Waals surface area contributed by atoms with Crippen LogP contribution in [0.4, 0.5) is 5.82 Å². The van der Waals surface area contributed by atoms with Crippen LogP contribution < -0.4 is 10.6 Å². The second-order valence-corrected chi connectivity index (χ2v) is 5.40. The van der Waals surface area contributed by atoms with Crippen LogP contribution in [0.3, 0.4) is 0 Å². The Balaban J connectivity index is 1.64. The van der Waals surface area contributed by atoms with Gasteiger partial charge >= 0.3 is 0 Å². The SMILES string of the molecule is CNc1ccc(C(=O)NC2CN3CCC2CC3)cn1. The number of anilines is 1. The number of rotatable bonds is 3. The maximum atomic E-state index is 12.2. The Labute approximate surface area is 113 Å². The summed E-state index contributed by atoms with van der Waals surface area (Å²) >= 11 is 0. The Morgan fingerprint density at radius 1 is 1.37 bits per heavy atom. The van der Waals surface area contributed by atoms with Crippen LogP contribution in [0.25, 0.3) is 0 Å². The van der Waals surface area contributed by atoms with Crippen LogP contribution in [0.1, 0.15) is 23.2 Å². The molecule has 2 N–H and O–H groups in total. The van der Waals surface area contributed by atoms with Crippen LogP contribution in [0.5, 0.6) is 0 Å². The number of amides is 1. The molecule has 1 atom stereocenters. The van der Waals surface area contributed by atoms with E-state index in [2.05, 4.69) is 20.5 Å². The largest absolute Gasteiger partial charge is 0.373 e. The highest BCUT2D eigenvalue weighted by molar-refractivity contribution is 5.94. The minimum Gasteiger partial charge on any atom is -0.373 e. The summed E-state index contributed by atoms with van der Waals surface area (Å²) < 4.78 is 0. The first-order chi connectivity index (χ1) is 9.26. The Bertz CT molecular complexity index is 451. The van der Waals surface area contributed by atoms with Crippen molar-refractivity contribution in [2.75, 3.05) is 32.0 Å². The first kappa shape index (κ1) is 12.4. The number of nitrogens with zero attached hydrogens (tertiary/aromatic N) is 2. The average Bonchev–Trinajstić information content (AvgIpc) is 2.48. The summed E-state index contributed by atoms with van der Waals surface area (Å²) in [6.07, 6.45) is 4.05. The fraction of sp³-hybridized carbons (Fsp3) is 0.571. The van der Waals surface area contributed by atoms with Gasteiger partial charge in [-0.2, -0.15) is 0 Å².